The second kappa shape index (κ2) is 11.9. The maximum atomic E-state index is 13.1. The molecule has 2 aromatic rings. The Morgan fingerprint density at radius 3 is 2.39 bits per heavy atom. The lowest BCUT2D eigenvalue weighted by Crippen LogP contribution is -2.47. The minimum absolute atomic E-state index is 0.0203. The van der Waals surface area contributed by atoms with Gasteiger partial charge in [-0.2, -0.15) is 0 Å². The van der Waals surface area contributed by atoms with Gasteiger partial charge >= 0.3 is 6.03 Å². The summed E-state index contributed by atoms with van der Waals surface area (Å²) in [6.45, 7) is 1.05. The molecule has 33 heavy (non-hydrogen) atoms. The third-order valence-corrected chi connectivity index (χ3v) is 7.05. The fraction of sp³-hybridized carbons (Fsp3) is 0.500. The average Bonchev–Trinajstić information content (AvgIpc) is 2.85. The predicted molar refractivity (Wildman–Crippen MR) is 132 cm³/mol. The molecule has 1 fully saturated rings. The summed E-state index contributed by atoms with van der Waals surface area (Å²) in [5.41, 5.74) is 3.79. The number of urea groups is 1. The van der Waals surface area contributed by atoms with Gasteiger partial charge in [-0.25, -0.2) is 4.79 Å². The molecule has 0 radical (unpaired) electrons. The third-order valence-electron chi connectivity index (χ3n) is 7.05. The van der Waals surface area contributed by atoms with Crippen molar-refractivity contribution in [2.75, 3.05) is 13.1 Å². The van der Waals surface area contributed by atoms with E-state index in [1.807, 2.05) is 29.2 Å². The van der Waals surface area contributed by atoms with Gasteiger partial charge in [-0.05, 0) is 55.2 Å². The molecule has 3 amide bonds. The van der Waals surface area contributed by atoms with Crippen LogP contribution in [0.3, 0.4) is 0 Å². The number of benzene rings is 2. The van der Waals surface area contributed by atoms with E-state index in [4.69, 9.17) is 0 Å². The van der Waals surface area contributed by atoms with Gasteiger partial charge in [0.05, 0.1) is 6.04 Å². The molecule has 5 nitrogen and oxygen atoms in total. The van der Waals surface area contributed by atoms with Crippen molar-refractivity contribution in [3.63, 3.8) is 0 Å². The molecule has 0 heterocycles. The topological polar surface area (TPSA) is 61.4 Å². The SMILES string of the molecule is O=C(CCN(CCc1ccccc1)C(=O)NC1CCCCC1)NC1CCCc2ccccc21. The second-order valence-electron chi connectivity index (χ2n) is 9.47. The summed E-state index contributed by atoms with van der Waals surface area (Å²) in [5.74, 6) is 0.0203. The largest absolute Gasteiger partial charge is 0.349 e. The zero-order valence-electron chi connectivity index (χ0n) is 19.6. The Kier molecular flexibility index (Phi) is 8.40. The average molecular weight is 448 g/mol. The summed E-state index contributed by atoms with van der Waals surface area (Å²) in [4.78, 5) is 27.8. The summed E-state index contributed by atoms with van der Waals surface area (Å²) in [5, 5.41) is 6.46. The van der Waals surface area contributed by atoms with Crippen molar-refractivity contribution in [2.45, 2.75) is 76.3 Å². The van der Waals surface area contributed by atoms with E-state index in [1.165, 1.54) is 36.0 Å². The van der Waals surface area contributed by atoms with Crippen molar-refractivity contribution in [1.82, 2.24) is 15.5 Å². The lowest BCUT2D eigenvalue weighted by Gasteiger charge is -2.29. The number of hydrogen-bond donors (Lipinski definition) is 2. The molecule has 176 valence electrons. The second-order valence-corrected chi connectivity index (χ2v) is 9.47. The first-order valence-corrected chi connectivity index (χ1v) is 12.7. The molecule has 1 saturated carbocycles. The number of rotatable bonds is 8. The Hall–Kier alpha value is -2.82. The normalized spacial score (nSPS) is 18.2. The molecule has 0 saturated heterocycles. The molecule has 5 heteroatoms. The molecule has 1 atom stereocenters. The highest BCUT2D eigenvalue weighted by Gasteiger charge is 2.23. The van der Waals surface area contributed by atoms with Crippen LogP contribution in [0.25, 0.3) is 0 Å². The van der Waals surface area contributed by atoms with Gasteiger partial charge in [-0.1, -0.05) is 73.9 Å². The Bertz CT molecular complexity index is 908. The van der Waals surface area contributed by atoms with Gasteiger partial charge in [0, 0.05) is 25.6 Å². The van der Waals surface area contributed by atoms with E-state index in [-0.39, 0.29) is 24.0 Å². The third kappa shape index (κ3) is 6.83. The van der Waals surface area contributed by atoms with Gasteiger partial charge in [0.1, 0.15) is 0 Å². The lowest BCUT2D eigenvalue weighted by atomic mass is 9.87. The molecule has 0 spiro atoms. The van der Waals surface area contributed by atoms with Crippen LogP contribution in [0.1, 0.15) is 74.1 Å². The Labute approximate surface area is 197 Å². The minimum atomic E-state index is -0.0337. The Morgan fingerprint density at radius 1 is 0.818 bits per heavy atom. The van der Waals surface area contributed by atoms with E-state index in [0.29, 0.717) is 19.5 Å². The number of fused-ring (bicyclic) bond motifs is 1. The molecule has 1 unspecified atom stereocenters. The maximum Gasteiger partial charge on any atom is 0.317 e. The van der Waals surface area contributed by atoms with Crippen LogP contribution in [0.15, 0.2) is 54.6 Å². The molecular formula is C28H37N3O2. The summed E-state index contributed by atoms with van der Waals surface area (Å²) < 4.78 is 0. The van der Waals surface area contributed by atoms with Crippen LogP contribution in [0.4, 0.5) is 4.79 Å². The molecule has 2 aliphatic rings. The highest BCUT2D eigenvalue weighted by atomic mass is 16.2. The zero-order valence-corrected chi connectivity index (χ0v) is 19.6. The van der Waals surface area contributed by atoms with Crippen LogP contribution in [-0.2, 0) is 17.6 Å². The van der Waals surface area contributed by atoms with Crippen LogP contribution in [0, 0.1) is 0 Å². The van der Waals surface area contributed by atoms with Crippen molar-refractivity contribution < 1.29 is 9.59 Å². The molecule has 0 bridgehead atoms. The van der Waals surface area contributed by atoms with Crippen molar-refractivity contribution in [3.8, 4) is 0 Å². The van der Waals surface area contributed by atoms with Crippen molar-refractivity contribution >= 4 is 11.9 Å². The number of hydrogen-bond acceptors (Lipinski definition) is 2. The van der Waals surface area contributed by atoms with E-state index < -0.39 is 0 Å². The van der Waals surface area contributed by atoms with Gasteiger partial charge in [0.15, 0.2) is 0 Å². The minimum Gasteiger partial charge on any atom is -0.349 e. The molecule has 4 rings (SSSR count). The lowest BCUT2D eigenvalue weighted by molar-refractivity contribution is -0.122. The predicted octanol–water partition coefficient (Wildman–Crippen LogP) is 5.16. The summed E-state index contributed by atoms with van der Waals surface area (Å²) in [6, 6.07) is 18.9. The van der Waals surface area contributed by atoms with E-state index in [0.717, 1.165) is 38.5 Å². The maximum absolute atomic E-state index is 13.1. The smallest absolute Gasteiger partial charge is 0.317 e. The monoisotopic (exact) mass is 447 g/mol. The first kappa shape index (κ1) is 23.3. The quantitative estimate of drug-likeness (QED) is 0.587. The van der Waals surface area contributed by atoms with E-state index in [1.54, 1.807) is 0 Å². The highest BCUT2D eigenvalue weighted by molar-refractivity contribution is 5.79. The summed E-state index contributed by atoms with van der Waals surface area (Å²) in [7, 11) is 0. The van der Waals surface area contributed by atoms with Crippen LogP contribution in [-0.4, -0.2) is 36.0 Å². The molecule has 0 aromatic heterocycles. The highest BCUT2D eigenvalue weighted by Crippen LogP contribution is 2.29. The van der Waals surface area contributed by atoms with E-state index in [9.17, 15) is 9.59 Å². The van der Waals surface area contributed by atoms with E-state index in [2.05, 4.69) is 41.0 Å². The number of nitrogens with zero attached hydrogens (tertiary/aromatic N) is 1. The van der Waals surface area contributed by atoms with Gasteiger partial charge in [-0.15, -0.1) is 0 Å². The number of aryl methyl sites for hydroxylation is 1. The Balaban J connectivity index is 1.33. The van der Waals surface area contributed by atoms with Gasteiger partial charge in [-0.3, -0.25) is 4.79 Å². The number of nitrogens with one attached hydrogen (secondary N) is 2. The molecular weight excluding hydrogens is 410 g/mol. The van der Waals surface area contributed by atoms with Crippen LogP contribution in [0.2, 0.25) is 0 Å². The van der Waals surface area contributed by atoms with E-state index >= 15 is 0 Å². The van der Waals surface area contributed by atoms with Crippen molar-refractivity contribution in [3.05, 3.63) is 71.3 Å². The first-order chi connectivity index (χ1) is 16.2. The number of carbonyl (C=O) groups is 2. The molecule has 0 aliphatic heterocycles. The number of amides is 3. The van der Waals surface area contributed by atoms with Gasteiger partial charge in [0.2, 0.25) is 5.91 Å². The summed E-state index contributed by atoms with van der Waals surface area (Å²) >= 11 is 0. The Morgan fingerprint density at radius 2 is 1.58 bits per heavy atom. The number of carbonyl (C=O) groups excluding carboxylic acids is 2. The van der Waals surface area contributed by atoms with Gasteiger partial charge in [0.25, 0.3) is 0 Å². The van der Waals surface area contributed by atoms with Gasteiger partial charge < -0.3 is 15.5 Å². The van der Waals surface area contributed by atoms with Crippen molar-refractivity contribution in [2.24, 2.45) is 0 Å². The first-order valence-electron chi connectivity index (χ1n) is 12.7. The zero-order chi connectivity index (χ0) is 22.9. The standard InChI is InChI=1S/C28H37N3O2/c32-27(30-26-17-9-13-23-12-7-8-16-25(23)26)19-21-31(20-18-22-10-3-1-4-11-22)28(33)29-24-14-5-2-6-15-24/h1,3-4,7-8,10-12,16,24,26H,2,5-6,9,13-15,17-21H2,(H,29,33)(H,30,32). The molecule has 2 aromatic carbocycles. The van der Waals surface area contributed by atoms with Crippen LogP contribution < -0.4 is 10.6 Å². The fourth-order valence-corrected chi connectivity index (χ4v) is 5.14. The van der Waals surface area contributed by atoms with Crippen molar-refractivity contribution in [1.29, 1.82) is 0 Å². The molecule has 2 aliphatic carbocycles. The van der Waals surface area contributed by atoms with Crippen LogP contribution >= 0.6 is 0 Å². The molecule has 2 N–H and O–H groups in total. The fourth-order valence-electron chi connectivity index (χ4n) is 5.14. The summed E-state index contributed by atoms with van der Waals surface area (Å²) in [6.07, 6.45) is 9.99. The van der Waals surface area contributed by atoms with Crippen LogP contribution in [0.5, 0.6) is 0 Å².